The molecule has 0 unspecified atom stereocenters. The Bertz CT molecular complexity index is 837. The third kappa shape index (κ3) is 7.88. The average molecular weight is 411 g/mol. The molecule has 8 heteroatoms. The molecule has 2 aromatic carbocycles. The van der Waals surface area contributed by atoms with E-state index in [4.69, 9.17) is 16.3 Å². The molecule has 0 aliphatic carbocycles. The standard InChI is InChI=1S/C19H23ClN2O4S/c1-2-14-27(24,25)22-17-9-7-16(8-10-17)21-19(23)4-3-13-26-18-11-5-15(20)6-12-18/h5-12,22H,2-4,13-14H2,1H3,(H,21,23). The van der Waals surface area contributed by atoms with E-state index >= 15 is 0 Å². The van der Waals surface area contributed by atoms with Gasteiger partial charge >= 0.3 is 0 Å². The molecule has 0 aliphatic rings. The SMILES string of the molecule is CCCS(=O)(=O)Nc1ccc(NC(=O)CCCOc2ccc(Cl)cc2)cc1. The summed E-state index contributed by atoms with van der Waals surface area (Å²) in [6.07, 6.45) is 1.44. The molecule has 6 nitrogen and oxygen atoms in total. The van der Waals surface area contributed by atoms with Crippen LogP contribution in [0.1, 0.15) is 26.2 Å². The highest BCUT2D eigenvalue weighted by Crippen LogP contribution is 2.17. The summed E-state index contributed by atoms with van der Waals surface area (Å²) in [5.74, 6) is 0.652. The molecule has 27 heavy (non-hydrogen) atoms. The van der Waals surface area contributed by atoms with Gasteiger partial charge in [0.1, 0.15) is 5.75 Å². The highest BCUT2D eigenvalue weighted by molar-refractivity contribution is 7.92. The van der Waals surface area contributed by atoms with E-state index in [0.717, 1.165) is 0 Å². The number of halogens is 1. The van der Waals surface area contributed by atoms with Gasteiger partial charge in [-0.05, 0) is 61.4 Å². The second kappa shape index (κ2) is 10.2. The molecular formula is C19H23ClN2O4S. The van der Waals surface area contributed by atoms with Crippen LogP contribution in [0, 0.1) is 0 Å². The number of carbonyl (C=O) groups is 1. The van der Waals surface area contributed by atoms with E-state index in [1.807, 2.05) is 0 Å². The van der Waals surface area contributed by atoms with Gasteiger partial charge in [0.05, 0.1) is 12.4 Å². The molecule has 0 spiro atoms. The number of amides is 1. The third-order valence-electron chi connectivity index (χ3n) is 3.55. The van der Waals surface area contributed by atoms with Gasteiger partial charge in [0.2, 0.25) is 15.9 Å². The fourth-order valence-electron chi connectivity index (χ4n) is 2.30. The molecule has 0 radical (unpaired) electrons. The van der Waals surface area contributed by atoms with E-state index in [9.17, 15) is 13.2 Å². The zero-order valence-electron chi connectivity index (χ0n) is 15.1. The first kappa shape index (κ1) is 21.1. The van der Waals surface area contributed by atoms with Crippen molar-refractivity contribution in [2.45, 2.75) is 26.2 Å². The van der Waals surface area contributed by atoms with Crippen molar-refractivity contribution in [1.29, 1.82) is 0 Å². The largest absolute Gasteiger partial charge is 0.494 e. The highest BCUT2D eigenvalue weighted by Gasteiger charge is 2.09. The number of nitrogens with one attached hydrogen (secondary N) is 2. The second-order valence-electron chi connectivity index (χ2n) is 5.95. The number of anilines is 2. The Hall–Kier alpha value is -2.25. The number of ether oxygens (including phenoxy) is 1. The lowest BCUT2D eigenvalue weighted by molar-refractivity contribution is -0.116. The molecule has 0 saturated carbocycles. The van der Waals surface area contributed by atoms with Gasteiger partial charge in [0, 0.05) is 22.8 Å². The van der Waals surface area contributed by atoms with Crippen LogP contribution in [0.2, 0.25) is 5.02 Å². The van der Waals surface area contributed by atoms with Crippen LogP contribution in [0.15, 0.2) is 48.5 Å². The van der Waals surface area contributed by atoms with E-state index < -0.39 is 10.0 Å². The van der Waals surface area contributed by atoms with Crippen LogP contribution >= 0.6 is 11.6 Å². The maximum Gasteiger partial charge on any atom is 0.232 e. The summed E-state index contributed by atoms with van der Waals surface area (Å²) in [5.41, 5.74) is 1.08. The van der Waals surface area contributed by atoms with Gasteiger partial charge < -0.3 is 10.1 Å². The number of sulfonamides is 1. The summed E-state index contributed by atoms with van der Waals surface area (Å²) in [6.45, 7) is 2.23. The number of hydrogen-bond acceptors (Lipinski definition) is 4. The van der Waals surface area contributed by atoms with Crippen molar-refractivity contribution in [2.24, 2.45) is 0 Å². The van der Waals surface area contributed by atoms with E-state index in [1.165, 1.54) is 0 Å². The minimum Gasteiger partial charge on any atom is -0.494 e. The number of benzene rings is 2. The lowest BCUT2D eigenvalue weighted by Crippen LogP contribution is -2.16. The first-order valence-electron chi connectivity index (χ1n) is 8.67. The van der Waals surface area contributed by atoms with Crippen molar-refractivity contribution in [3.63, 3.8) is 0 Å². The molecule has 0 bridgehead atoms. The summed E-state index contributed by atoms with van der Waals surface area (Å²) in [7, 11) is -3.32. The molecule has 0 heterocycles. The zero-order valence-corrected chi connectivity index (χ0v) is 16.6. The third-order valence-corrected chi connectivity index (χ3v) is 5.29. The van der Waals surface area contributed by atoms with Crippen molar-refractivity contribution in [1.82, 2.24) is 0 Å². The van der Waals surface area contributed by atoms with E-state index in [2.05, 4.69) is 10.0 Å². The predicted molar refractivity (Wildman–Crippen MR) is 109 cm³/mol. The Morgan fingerprint density at radius 1 is 1.04 bits per heavy atom. The lowest BCUT2D eigenvalue weighted by atomic mass is 10.2. The summed E-state index contributed by atoms with van der Waals surface area (Å²) in [5, 5.41) is 3.42. The summed E-state index contributed by atoms with van der Waals surface area (Å²) >= 11 is 5.80. The van der Waals surface area contributed by atoms with Gasteiger partial charge in [-0.3, -0.25) is 9.52 Å². The van der Waals surface area contributed by atoms with Crippen molar-refractivity contribution in [2.75, 3.05) is 22.4 Å². The summed E-state index contributed by atoms with van der Waals surface area (Å²) < 4.78 is 31.5. The van der Waals surface area contributed by atoms with Crippen molar-refractivity contribution < 1.29 is 17.9 Å². The van der Waals surface area contributed by atoms with Crippen molar-refractivity contribution in [3.8, 4) is 5.75 Å². The van der Waals surface area contributed by atoms with Crippen LogP contribution in [0.5, 0.6) is 5.75 Å². The minimum absolute atomic E-state index is 0.0730. The maximum atomic E-state index is 12.0. The van der Waals surface area contributed by atoms with Crippen molar-refractivity contribution >= 4 is 38.9 Å². The first-order chi connectivity index (χ1) is 12.9. The second-order valence-corrected chi connectivity index (χ2v) is 8.23. The topological polar surface area (TPSA) is 84.5 Å². The summed E-state index contributed by atoms with van der Waals surface area (Å²) in [6, 6.07) is 13.6. The number of hydrogen-bond donors (Lipinski definition) is 2. The average Bonchev–Trinajstić information content (AvgIpc) is 2.61. The molecule has 0 saturated heterocycles. The predicted octanol–water partition coefficient (Wildman–Crippen LogP) is 4.29. The van der Waals surface area contributed by atoms with Gasteiger partial charge in [0.15, 0.2) is 0 Å². The Labute approximate surface area is 164 Å². The fraction of sp³-hybridized carbons (Fsp3) is 0.316. The Kier molecular flexibility index (Phi) is 7.94. The molecule has 1 amide bonds. The number of rotatable bonds is 10. The molecule has 0 fully saturated rings. The number of carbonyl (C=O) groups excluding carboxylic acids is 1. The maximum absolute atomic E-state index is 12.0. The van der Waals surface area contributed by atoms with E-state index in [-0.39, 0.29) is 11.7 Å². The molecular weight excluding hydrogens is 388 g/mol. The highest BCUT2D eigenvalue weighted by atomic mass is 35.5. The first-order valence-corrected chi connectivity index (χ1v) is 10.7. The van der Waals surface area contributed by atoms with Crippen LogP contribution in [-0.4, -0.2) is 26.7 Å². The molecule has 146 valence electrons. The fourth-order valence-corrected chi connectivity index (χ4v) is 3.56. The smallest absolute Gasteiger partial charge is 0.232 e. The Morgan fingerprint density at radius 2 is 1.67 bits per heavy atom. The van der Waals surface area contributed by atoms with Gasteiger partial charge in [-0.2, -0.15) is 0 Å². The van der Waals surface area contributed by atoms with E-state index in [0.29, 0.717) is 48.0 Å². The Morgan fingerprint density at radius 3 is 2.30 bits per heavy atom. The van der Waals surface area contributed by atoms with Gasteiger partial charge in [-0.1, -0.05) is 18.5 Å². The molecule has 0 aliphatic heterocycles. The van der Waals surface area contributed by atoms with E-state index in [1.54, 1.807) is 55.5 Å². The van der Waals surface area contributed by atoms with Crippen molar-refractivity contribution in [3.05, 3.63) is 53.6 Å². The van der Waals surface area contributed by atoms with Crippen LogP contribution in [0.3, 0.4) is 0 Å². The summed E-state index contributed by atoms with van der Waals surface area (Å²) in [4.78, 5) is 12.0. The van der Waals surface area contributed by atoms with Gasteiger partial charge in [0.25, 0.3) is 0 Å². The molecule has 2 rings (SSSR count). The molecule has 2 N–H and O–H groups in total. The molecule has 0 atom stereocenters. The minimum atomic E-state index is -3.32. The molecule has 2 aromatic rings. The van der Waals surface area contributed by atoms with Crippen LogP contribution in [0.25, 0.3) is 0 Å². The van der Waals surface area contributed by atoms with Crippen LogP contribution < -0.4 is 14.8 Å². The van der Waals surface area contributed by atoms with Gasteiger partial charge in [-0.15, -0.1) is 0 Å². The zero-order chi connectivity index (χ0) is 19.7. The monoisotopic (exact) mass is 410 g/mol. The Balaban J connectivity index is 1.73. The van der Waals surface area contributed by atoms with Gasteiger partial charge in [-0.25, -0.2) is 8.42 Å². The lowest BCUT2D eigenvalue weighted by Gasteiger charge is -2.09. The van der Waals surface area contributed by atoms with Crippen LogP contribution in [-0.2, 0) is 14.8 Å². The van der Waals surface area contributed by atoms with Crippen LogP contribution in [0.4, 0.5) is 11.4 Å². The quantitative estimate of drug-likeness (QED) is 0.572. The normalized spacial score (nSPS) is 11.0. The molecule has 0 aromatic heterocycles.